The molecule has 0 saturated carbocycles. The van der Waals surface area contributed by atoms with E-state index in [1.54, 1.807) is 18.2 Å². The summed E-state index contributed by atoms with van der Waals surface area (Å²) < 4.78 is 0. The zero-order valence-corrected chi connectivity index (χ0v) is 11.3. The first-order valence-electron chi connectivity index (χ1n) is 5.98. The van der Waals surface area contributed by atoms with Crippen molar-refractivity contribution in [3.8, 4) is 11.5 Å². The van der Waals surface area contributed by atoms with E-state index in [4.69, 9.17) is 0 Å². The number of hydrogen-bond donors (Lipinski definition) is 3. The fourth-order valence-corrected chi connectivity index (χ4v) is 2.36. The number of aromatic hydroxyl groups is 2. The lowest BCUT2D eigenvalue weighted by molar-refractivity contribution is 0.419. The average molecular weight is 255 g/mol. The minimum atomic E-state index is -0.0390. The van der Waals surface area contributed by atoms with Gasteiger partial charge >= 0.3 is 0 Å². The van der Waals surface area contributed by atoms with Gasteiger partial charge in [-0.1, -0.05) is 13.0 Å². The minimum absolute atomic E-state index is 0.0390. The van der Waals surface area contributed by atoms with Crippen molar-refractivity contribution >= 4 is 11.8 Å². The van der Waals surface area contributed by atoms with Crippen molar-refractivity contribution in [1.29, 1.82) is 0 Å². The standard InChI is InChI=1S/C13H21NO2S/c1-3-17-9-5-8-14-10(2)13-11(15)6-4-7-12(13)16/h4,6-7,10,14-16H,3,5,8-9H2,1-2H3. The number of thioether (sulfide) groups is 1. The Morgan fingerprint density at radius 1 is 1.29 bits per heavy atom. The third kappa shape index (κ3) is 4.48. The van der Waals surface area contributed by atoms with Crippen molar-refractivity contribution in [2.45, 2.75) is 26.3 Å². The predicted octanol–water partition coefficient (Wildman–Crippen LogP) is 2.89. The Hall–Kier alpha value is -0.870. The van der Waals surface area contributed by atoms with Crippen LogP contribution in [-0.2, 0) is 0 Å². The first-order chi connectivity index (χ1) is 8.16. The molecule has 1 aromatic carbocycles. The van der Waals surface area contributed by atoms with Crippen molar-refractivity contribution in [1.82, 2.24) is 5.32 Å². The zero-order valence-electron chi connectivity index (χ0n) is 10.4. The molecule has 3 nitrogen and oxygen atoms in total. The van der Waals surface area contributed by atoms with Gasteiger partial charge in [0.05, 0.1) is 5.56 Å². The third-order valence-electron chi connectivity index (χ3n) is 2.61. The highest BCUT2D eigenvalue weighted by atomic mass is 32.2. The van der Waals surface area contributed by atoms with Gasteiger partial charge < -0.3 is 15.5 Å². The predicted molar refractivity (Wildman–Crippen MR) is 73.8 cm³/mol. The summed E-state index contributed by atoms with van der Waals surface area (Å²) in [6.45, 7) is 4.99. The molecule has 0 bridgehead atoms. The molecule has 1 rings (SSSR count). The van der Waals surface area contributed by atoms with Crippen LogP contribution in [0.4, 0.5) is 0 Å². The van der Waals surface area contributed by atoms with Crippen molar-refractivity contribution in [3.63, 3.8) is 0 Å². The van der Waals surface area contributed by atoms with Crippen LogP contribution in [-0.4, -0.2) is 28.3 Å². The molecule has 0 saturated heterocycles. The summed E-state index contributed by atoms with van der Waals surface area (Å²) in [5, 5.41) is 22.7. The quantitative estimate of drug-likeness (QED) is 0.656. The van der Waals surface area contributed by atoms with Gasteiger partial charge in [-0.05, 0) is 43.5 Å². The van der Waals surface area contributed by atoms with Crippen LogP contribution in [0.5, 0.6) is 11.5 Å². The Labute approximate surface area is 107 Å². The van der Waals surface area contributed by atoms with Crippen LogP contribution in [0.15, 0.2) is 18.2 Å². The van der Waals surface area contributed by atoms with Gasteiger partial charge in [0.2, 0.25) is 0 Å². The van der Waals surface area contributed by atoms with E-state index in [-0.39, 0.29) is 17.5 Å². The van der Waals surface area contributed by atoms with Crippen molar-refractivity contribution in [3.05, 3.63) is 23.8 Å². The molecule has 1 aromatic rings. The maximum absolute atomic E-state index is 9.70. The fraction of sp³-hybridized carbons (Fsp3) is 0.538. The van der Waals surface area contributed by atoms with Crippen LogP contribution in [0.25, 0.3) is 0 Å². The normalized spacial score (nSPS) is 12.6. The first kappa shape index (κ1) is 14.2. The molecule has 17 heavy (non-hydrogen) atoms. The van der Waals surface area contributed by atoms with Crippen LogP contribution in [0.2, 0.25) is 0 Å². The second kappa shape index (κ2) is 7.45. The third-order valence-corrected chi connectivity index (χ3v) is 3.60. The highest BCUT2D eigenvalue weighted by Gasteiger charge is 2.13. The van der Waals surface area contributed by atoms with Gasteiger partial charge in [-0.25, -0.2) is 0 Å². The number of hydrogen-bond acceptors (Lipinski definition) is 4. The largest absolute Gasteiger partial charge is 0.507 e. The molecule has 96 valence electrons. The van der Waals surface area contributed by atoms with Crippen molar-refractivity contribution in [2.75, 3.05) is 18.1 Å². The van der Waals surface area contributed by atoms with Crippen molar-refractivity contribution in [2.24, 2.45) is 0 Å². The van der Waals surface area contributed by atoms with E-state index in [2.05, 4.69) is 12.2 Å². The number of phenols is 2. The maximum Gasteiger partial charge on any atom is 0.124 e. The summed E-state index contributed by atoms with van der Waals surface area (Å²) in [5.41, 5.74) is 0.579. The molecule has 0 aliphatic heterocycles. The van der Waals surface area contributed by atoms with Gasteiger partial charge in [0.1, 0.15) is 11.5 Å². The van der Waals surface area contributed by atoms with Crippen LogP contribution in [0.3, 0.4) is 0 Å². The molecule has 0 aromatic heterocycles. The van der Waals surface area contributed by atoms with Crippen LogP contribution < -0.4 is 5.32 Å². The highest BCUT2D eigenvalue weighted by Crippen LogP contribution is 2.31. The molecule has 4 heteroatoms. The second-order valence-corrected chi connectivity index (χ2v) is 5.33. The topological polar surface area (TPSA) is 52.5 Å². The minimum Gasteiger partial charge on any atom is -0.507 e. The van der Waals surface area contributed by atoms with Crippen LogP contribution in [0, 0.1) is 0 Å². The number of rotatable bonds is 7. The SMILES string of the molecule is CCSCCCNC(C)c1c(O)cccc1O. The summed E-state index contributed by atoms with van der Waals surface area (Å²) in [6, 6.07) is 4.79. The molecule has 0 aliphatic rings. The van der Waals surface area contributed by atoms with E-state index in [1.165, 1.54) is 0 Å². The molecule has 1 atom stereocenters. The zero-order chi connectivity index (χ0) is 12.7. The van der Waals surface area contributed by atoms with Gasteiger partial charge in [-0.15, -0.1) is 0 Å². The van der Waals surface area contributed by atoms with E-state index in [0.29, 0.717) is 5.56 Å². The Kier molecular flexibility index (Phi) is 6.22. The highest BCUT2D eigenvalue weighted by molar-refractivity contribution is 7.99. The van der Waals surface area contributed by atoms with Gasteiger partial charge in [0.25, 0.3) is 0 Å². The van der Waals surface area contributed by atoms with E-state index >= 15 is 0 Å². The van der Waals surface area contributed by atoms with E-state index in [9.17, 15) is 10.2 Å². The molecule has 0 amide bonds. The molecule has 0 heterocycles. The summed E-state index contributed by atoms with van der Waals surface area (Å²) in [7, 11) is 0. The Balaban J connectivity index is 2.44. The molecule has 1 unspecified atom stereocenters. The number of phenolic OH excluding ortho intramolecular Hbond substituents is 2. The first-order valence-corrected chi connectivity index (χ1v) is 7.14. The molecule has 0 spiro atoms. The Morgan fingerprint density at radius 3 is 2.53 bits per heavy atom. The molecular weight excluding hydrogens is 234 g/mol. The van der Waals surface area contributed by atoms with Gasteiger partial charge in [-0.2, -0.15) is 11.8 Å². The monoisotopic (exact) mass is 255 g/mol. The number of nitrogens with one attached hydrogen (secondary N) is 1. The Morgan fingerprint density at radius 2 is 1.94 bits per heavy atom. The summed E-state index contributed by atoms with van der Waals surface area (Å²) >= 11 is 1.92. The molecule has 0 radical (unpaired) electrons. The van der Waals surface area contributed by atoms with Gasteiger partial charge in [0.15, 0.2) is 0 Å². The summed E-state index contributed by atoms with van der Waals surface area (Å²) in [4.78, 5) is 0. The smallest absolute Gasteiger partial charge is 0.124 e. The second-order valence-electron chi connectivity index (χ2n) is 3.94. The average Bonchev–Trinajstić information content (AvgIpc) is 2.28. The molecule has 0 fully saturated rings. The van der Waals surface area contributed by atoms with Crippen LogP contribution >= 0.6 is 11.8 Å². The van der Waals surface area contributed by atoms with E-state index in [1.807, 2.05) is 18.7 Å². The molecule has 3 N–H and O–H groups in total. The lowest BCUT2D eigenvalue weighted by Crippen LogP contribution is -2.20. The maximum atomic E-state index is 9.70. The summed E-state index contributed by atoms with van der Waals surface area (Å²) in [5.74, 6) is 2.58. The lowest BCUT2D eigenvalue weighted by Gasteiger charge is -2.16. The van der Waals surface area contributed by atoms with E-state index in [0.717, 1.165) is 24.5 Å². The van der Waals surface area contributed by atoms with Gasteiger partial charge in [-0.3, -0.25) is 0 Å². The molecular formula is C13H21NO2S. The number of benzene rings is 1. The van der Waals surface area contributed by atoms with Gasteiger partial charge in [0, 0.05) is 6.04 Å². The van der Waals surface area contributed by atoms with Crippen LogP contribution in [0.1, 0.15) is 31.9 Å². The Bertz CT molecular complexity index is 324. The lowest BCUT2D eigenvalue weighted by atomic mass is 10.1. The fourth-order valence-electron chi connectivity index (χ4n) is 1.72. The van der Waals surface area contributed by atoms with E-state index < -0.39 is 0 Å². The molecule has 0 aliphatic carbocycles. The van der Waals surface area contributed by atoms with Crippen molar-refractivity contribution < 1.29 is 10.2 Å². The summed E-state index contributed by atoms with van der Waals surface area (Å²) in [6.07, 6.45) is 1.09.